The van der Waals surface area contributed by atoms with E-state index < -0.39 is 0 Å². The van der Waals surface area contributed by atoms with Gasteiger partial charge in [-0.1, -0.05) is 36.9 Å². The van der Waals surface area contributed by atoms with E-state index in [1.807, 2.05) is 12.1 Å². The Labute approximate surface area is 108 Å². The largest absolute Gasteiger partial charge is 0.507 e. The molecule has 0 amide bonds. The van der Waals surface area contributed by atoms with Gasteiger partial charge in [-0.15, -0.1) is 6.58 Å². The predicted molar refractivity (Wildman–Crippen MR) is 72.8 cm³/mol. The number of benzene rings is 1. The number of allylic oxidation sites excluding steroid dienone is 1. The molecule has 1 nitrogen and oxygen atoms in total. The van der Waals surface area contributed by atoms with E-state index in [1.54, 1.807) is 6.08 Å². The molecule has 0 spiro atoms. The van der Waals surface area contributed by atoms with Crippen molar-refractivity contribution in [3.8, 4) is 5.75 Å². The lowest BCUT2D eigenvalue weighted by Crippen LogP contribution is -2.05. The van der Waals surface area contributed by atoms with Crippen LogP contribution in [0.25, 0.3) is 0 Å². The number of aromatic hydroxyl groups is 1. The highest BCUT2D eigenvalue weighted by Crippen LogP contribution is 2.40. The van der Waals surface area contributed by atoms with Gasteiger partial charge < -0.3 is 5.11 Å². The van der Waals surface area contributed by atoms with Crippen LogP contribution in [0.3, 0.4) is 0 Å². The van der Waals surface area contributed by atoms with Gasteiger partial charge in [-0.05, 0) is 48.4 Å². The molecule has 17 heavy (non-hydrogen) atoms. The predicted octanol–water partition coefficient (Wildman–Crippen LogP) is 4.82. The number of hydrogen-bond acceptors (Lipinski definition) is 1. The lowest BCUT2D eigenvalue weighted by Gasteiger charge is -2.24. The summed E-state index contributed by atoms with van der Waals surface area (Å²) in [5.74, 6) is 0.909. The highest BCUT2D eigenvalue weighted by molar-refractivity contribution is 6.30. The van der Waals surface area contributed by atoms with Crippen molar-refractivity contribution in [3.63, 3.8) is 0 Å². The molecule has 0 saturated heterocycles. The Morgan fingerprint density at radius 2 is 2.00 bits per heavy atom. The van der Waals surface area contributed by atoms with Crippen molar-refractivity contribution in [2.45, 2.75) is 44.4 Å². The van der Waals surface area contributed by atoms with Crippen LogP contribution in [0.15, 0.2) is 24.8 Å². The fourth-order valence-electron chi connectivity index (χ4n) is 2.71. The molecule has 0 atom stereocenters. The zero-order chi connectivity index (χ0) is 12.3. The summed E-state index contributed by atoms with van der Waals surface area (Å²) in [6.45, 7) is 3.71. The molecular weight excluding hydrogens is 232 g/mol. The molecule has 1 aliphatic rings. The van der Waals surface area contributed by atoms with Crippen molar-refractivity contribution in [1.82, 2.24) is 0 Å². The highest BCUT2D eigenvalue weighted by atomic mass is 35.5. The van der Waals surface area contributed by atoms with E-state index in [1.165, 1.54) is 32.1 Å². The maximum Gasteiger partial charge on any atom is 0.122 e. The van der Waals surface area contributed by atoms with Crippen LogP contribution in [0, 0.1) is 0 Å². The molecule has 1 aromatic rings. The van der Waals surface area contributed by atoms with E-state index in [2.05, 4.69) is 6.58 Å². The van der Waals surface area contributed by atoms with Gasteiger partial charge in [0, 0.05) is 5.02 Å². The second-order valence-electron chi connectivity index (χ2n) is 4.83. The second kappa shape index (κ2) is 5.59. The van der Waals surface area contributed by atoms with Gasteiger partial charge in [0.05, 0.1) is 0 Å². The number of hydrogen-bond donors (Lipinski definition) is 1. The van der Waals surface area contributed by atoms with Gasteiger partial charge in [0.1, 0.15) is 5.75 Å². The molecule has 2 heteroatoms. The van der Waals surface area contributed by atoms with Gasteiger partial charge in [-0.3, -0.25) is 0 Å². The molecule has 0 radical (unpaired) electrons. The lowest BCUT2D eigenvalue weighted by atomic mass is 9.83. The Balaban J connectivity index is 2.34. The molecule has 1 aliphatic carbocycles. The van der Waals surface area contributed by atoms with E-state index in [9.17, 15) is 5.11 Å². The van der Waals surface area contributed by atoms with Crippen molar-refractivity contribution in [2.24, 2.45) is 0 Å². The first-order valence-electron chi connectivity index (χ1n) is 6.34. The fourth-order valence-corrected chi connectivity index (χ4v) is 2.96. The first-order valence-corrected chi connectivity index (χ1v) is 6.72. The molecule has 2 rings (SSSR count). The summed E-state index contributed by atoms with van der Waals surface area (Å²) < 4.78 is 0. The third kappa shape index (κ3) is 2.84. The van der Waals surface area contributed by atoms with Crippen molar-refractivity contribution in [3.05, 3.63) is 40.9 Å². The van der Waals surface area contributed by atoms with Gasteiger partial charge in [0.25, 0.3) is 0 Å². The second-order valence-corrected chi connectivity index (χ2v) is 5.27. The standard InChI is InChI=1S/C15H19ClO/c1-2-6-12-9-13(16)10-14(15(12)17)11-7-4-3-5-8-11/h2,9-11,17H,1,3-8H2. The highest BCUT2D eigenvalue weighted by Gasteiger charge is 2.20. The average molecular weight is 251 g/mol. The van der Waals surface area contributed by atoms with E-state index in [0.717, 1.165) is 16.1 Å². The topological polar surface area (TPSA) is 20.2 Å². The lowest BCUT2D eigenvalue weighted by molar-refractivity contribution is 0.412. The number of phenols is 1. The van der Waals surface area contributed by atoms with Crippen LogP contribution in [0.1, 0.15) is 49.1 Å². The summed E-state index contributed by atoms with van der Waals surface area (Å²) in [6.07, 6.45) is 8.64. The van der Waals surface area contributed by atoms with Crippen LogP contribution in [0.4, 0.5) is 0 Å². The summed E-state index contributed by atoms with van der Waals surface area (Å²) >= 11 is 6.13. The number of phenolic OH excluding ortho intramolecular Hbond substituents is 1. The molecule has 0 bridgehead atoms. The van der Waals surface area contributed by atoms with Crippen LogP contribution < -0.4 is 0 Å². The molecular formula is C15H19ClO. The Kier molecular flexibility index (Phi) is 4.11. The Hall–Kier alpha value is -0.950. The van der Waals surface area contributed by atoms with Crippen molar-refractivity contribution < 1.29 is 5.11 Å². The zero-order valence-corrected chi connectivity index (χ0v) is 10.8. The van der Waals surface area contributed by atoms with Gasteiger partial charge >= 0.3 is 0 Å². The molecule has 0 unspecified atom stereocenters. The summed E-state index contributed by atoms with van der Waals surface area (Å²) in [5, 5.41) is 11.0. The third-order valence-corrected chi connectivity index (χ3v) is 3.81. The van der Waals surface area contributed by atoms with Crippen LogP contribution in [0.5, 0.6) is 5.75 Å². The van der Waals surface area contributed by atoms with Crippen molar-refractivity contribution in [2.75, 3.05) is 0 Å². The average Bonchev–Trinajstić information content (AvgIpc) is 2.35. The van der Waals surface area contributed by atoms with Gasteiger partial charge in [0.15, 0.2) is 0 Å². The number of halogens is 1. The van der Waals surface area contributed by atoms with Gasteiger partial charge in [-0.2, -0.15) is 0 Å². The van der Waals surface area contributed by atoms with Crippen LogP contribution in [-0.4, -0.2) is 5.11 Å². The van der Waals surface area contributed by atoms with Crippen molar-refractivity contribution >= 4 is 11.6 Å². The SMILES string of the molecule is C=CCc1cc(Cl)cc(C2CCCCC2)c1O. The summed E-state index contributed by atoms with van der Waals surface area (Å²) in [6, 6.07) is 3.77. The third-order valence-electron chi connectivity index (χ3n) is 3.59. The van der Waals surface area contributed by atoms with Crippen molar-refractivity contribution in [1.29, 1.82) is 0 Å². The van der Waals surface area contributed by atoms with Crippen LogP contribution >= 0.6 is 11.6 Å². The monoisotopic (exact) mass is 250 g/mol. The molecule has 0 aromatic heterocycles. The maximum atomic E-state index is 10.3. The Morgan fingerprint density at radius 3 is 2.65 bits per heavy atom. The Morgan fingerprint density at radius 1 is 1.29 bits per heavy atom. The van der Waals surface area contributed by atoms with E-state index in [0.29, 0.717) is 18.1 Å². The molecule has 92 valence electrons. The molecule has 1 saturated carbocycles. The minimum Gasteiger partial charge on any atom is -0.507 e. The molecule has 0 aliphatic heterocycles. The molecule has 0 heterocycles. The molecule has 1 N–H and O–H groups in total. The Bertz CT molecular complexity index is 406. The molecule has 1 aromatic carbocycles. The van der Waals surface area contributed by atoms with E-state index in [4.69, 9.17) is 11.6 Å². The maximum absolute atomic E-state index is 10.3. The molecule has 1 fully saturated rings. The number of rotatable bonds is 3. The summed E-state index contributed by atoms with van der Waals surface area (Å²) in [5.41, 5.74) is 1.93. The first-order chi connectivity index (χ1) is 8.22. The normalized spacial score (nSPS) is 17.0. The van der Waals surface area contributed by atoms with E-state index in [-0.39, 0.29) is 0 Å². The fraction of sp³-hybridized carbons (Fsp3) is 0.467. The first kappa shape index (κ1) is 12.5. The van der Waals surface area contributed by atoms with Gasteiger partial charge in [-0.25, -0.2) is 0 Å². The zero-order valence-electron chi connectivity index (χ0n) is 10.1. The quantitative estimate of drug-likeness (QED) is 0.763. The van der Waals surface area contributed by atoms with Crippen LogP contribution in [-0.2, 0) is 6.42 Å². The summed E-state index contributed by atoms with van der Waals surface area (Å²) in [4.78, 5) is 0. The minimum absolute atomic E-state index is 0.432. The summed E-state index contributed by atoms with van der Waals surface area (Å²) in [7, 11) is 0. The van der Waals surface area contributed by atoms with Crippen LogP contribution in [0.2, 0.25) is 5.02 Å². The minimum atomic E-state index is 0.432. The van der Waals surface area contributed by atoms with E-state index >= 15 is 0 Å². The van der Waals surface area contributed by atoms with Gasteiger partial charge in [0.2, 0.25) is 0 Å². The smallest absolute Gasteiger partial charge is 0.122 e.